The second kappa shape index (κ2) is 8.16. The van der Waals surface area contributed by atoms with E-state index in [2.05, 4.69) is 0 Å². The Morgan fingerprint density at radius 3 is 2.52 bits per heavy atom. The molecular formula is C19H29NO4S. The predicted molar refractivity (Wildman–Crippen MR) is 97.2 cm³/mol. The topological polar surface area (TPSA) is 55.8 Å². The third kappa shape index (κ3) is 4.61. The molecule has 25 heavy (non-hydrogen) atoms. The van der Waals surface area contributed by atoms with Crippen molar-refractivity contribution in [2.75, 3.05) is 26.3 Å². The normalized spacial score (nSPS) is 23.7. The standard InChI is InChI=1S/C19H29NO4S/c1-15-6-7-19(13-16(15)2)25(21,22)20-10-8-17(9-11-20)24-14-18-5-3-4-12-23-18/h6-7,13,17-18H,3-5,8-12,14H2,1-2H3. The van der Waals surface area contributed by atoms with Gasteiger partial charge in [0.15, 0.2) is 0 Å². The summed E-state index contributed by atoms with van der Waals surface area (Å²) in [7, 11) is -3.41. The van der Waals surface area contributed by atoms with E-state index in [0.717, 1.165) is 43.4 Å². The Labute approximate surface area is 151 Å². The molecule has 2 saturated heterocycles. The SMILES string of the molecule is Cc1ccc(S(=O)(=O)N2CCC(OCC3CCCCO3)CC2)cc1C. The molecule has 6 heteroatoms. The quantitative estimate of drug-likeness (QED) is 0.803. The summed E-state index contributed by atoms with van der Waals surface area (Å²) >= 11 is 0. The monoisotopic (exact) mass is 367 g/mol. The number of hydrogen-bond donors (Lipinski definition) is 0. The van der Waals surface area contributed by atoms with Crippen molar-refractivity contribution in [3.8, 4) is 0 Å². The van der Waals surface area contributed by atoms with E-state index in [4.69, 9.17) is 9.47 Å². The van der Waals surface area contributed by atoms with Crippen LogP contribution in [0.25, 0.3) is 0 Å². The maximum Gasteiger partial charge on any atom is 0.243 e. The average Bonchev–Trinajstić information content (AvgIpc) is 2.63. The van der Waals surface area contributed by atoms with Gasteiger partial charge in [0.1, 0.15) is 0 Å². The minimum atomic E-state index is -3.41. The minimum Gasteiger partial charge on any atom is -0.376 e. The highest BCUT2D eigenvalue weighted by Crippen LogP contribution is 2.24. The number of piperidine rings is 1. The first kappa shape index (κ1) is 18.8. The number of aryl methyl sites for hydroxylation is 2. The van der Waals surface area contributed by atoms with Crippen molar-refractivity contribution >= 4 is 10.0 Å². The van der Waals surface area contributed by atoms with Crippen LogP contribution in [0.4, 0.5) is 0 Å². The maximum atomic E-state index is 12.8. The van der Waals surface area contributed by atoms with Gasteiger partial charge in [-0.25, -0.2) is 8.42 Å². The Balaban J connectivity index is 1.53. The van der Waals surface area contributed by atoms with Crippen molar-refractivity contribution in [2.24, 2.45) is 0 Å². The van der Waals surface area contributed by atoms with Crippen LogP contribution in [0, 0.1) is 13.8 Å². The molecular weight excluding hydrogens is 338 g/mol. The summed E-state index contributed by atoms with van der Waals surface area (Å²) in [5.74, 6) is 0. The Kier molecular flexibility index (Phi) is 6.15. The lowest BCUT2D eigenvalue weighted by atomic mass is 10.1. The van der Waals surface area contributed by atoms with Crippen LogP contribution in [0.3, 0.4) is 0 Å². The number of ether oxygens (including phenoxy) is 2. The van der Waals surface area contributed by atoms with Gasteiger partial charge in [0.25, 0.3) is 0 Å². The molecule has 2 aliphatic heterocycles. The molecule has 0 spiro atoms. The van der Waals surface area contributed by atoms with Gasteiger partial charge in [-0.05, 0) is 69.2 Å². The Morgan fingerprint density at radius 2 is 1.88 bits per heavy atom. The molecule has 5 nitrogen and oxygen atoms in total. The second-order valence-corrected chi connectivity index (χ2v) is 9.11. The van der Waals surface area contributed by atoms with E-state index < -0.39 is 10.0 Å². The number of benzene rings is 1. The molecule has 1 aromatic carbocycles. The van der Waals surface area contributed by atoms with E-state index in [1.807, 2.05) is 19.9 Å². The minimum absolute atomic E-state index is 0.136. The zero-order chi connectivity index (χ0) is 17.9. The molecule has 0 bridgehead atoms. The first-order valence-corrected chi connectivity index (χ1v) is 10.7. The van der Waals surface area contributed by atoms with Crippen molar-refractivity contribution in [1.29, 1.82) is 0 Å². The smallest absolute Gasteiger partial charge is 0.243 e. The average molecular weight is 368 g/mol. The molecule has 3 rings (SSSR count). The molecule has 0 amide bonds. The molecule has 2 heterocycles. The number of rotatable bonds is 5. The summed E-state index contributed by atoms with van der Waals surface area (Å²) in [6.45, 7) is 6.44. The first-order valence-electron chi connectivity index (χ1n) is 9.27. The third-order valence-electron chi connectivity index (χ3n) is 5.31. The van der Waals surface area contributed by atoms with Crippen LogP contribution in [0.5, 0.6) is 0 Å². The van der Waals surface area contributed by atoms with Gasteiger partial charge in [-0.1, -0.05) is 6.07 Å². The molecule has 0 saturated carbocycles. The van der Waals surface area contributed by atoms with Crippen LogP contribution in [0.1, 0.15) is 43.2 Å². The highest BCUT2D eigenvalue weighted by atomic mass is 32.2. The molecule has 0 radical (unpaired) electrons. The van der Waals surface area contributed by atoms with Crippen LogP contribution >= 0.6 is 0 Å². The van der Waals surface area contributed by atoms with Crippen LogP contribution < -0.4 is 0 Å². The van der Waals surface area contributed by atoms with E-state index >= 15 is 0 Å². The molecule has 2 aliphatic rings. The van der Waals surface area contributed by atoms with Gasteiger partial charge < -0.3 is 9.47 Å². The highest BCUT2D eigenvalue weighted by molar-refractivity contribution is 7.89. The van der Waals surface area contributed by atoms with E-state index in [0.29, 0.717) is 24.6 Å². The van der Waals surface area contributed by atoms with Gasteiger partial charge in [0, 0.05) is 19.7 Å². The van der Waals surface area contributed by atoms with E-state index in [9.17, 15) is 8.42 Å². The molecule has 1 atom stereocenters. The summed E-state index contributed by atoms with van der Waals surface area (Å²) in [5, 5.41) is 0. The fourth-order valence-corrected chi connectivity index (χ4v) is 5.00. The Bertz CT molecular complexity index is 675. The summed E-state index contributed by atoms with van der Waals surface area (Å²) in [5.41, 5.74) is 2.11. The second-order valence-electron chi connectivity index (χ2n) is 7.17. The Hall–Kier alpha value is -0.950. The van der Waals surface area contributed by atoms with Gasteiger partial charge in [-0.3, -0.25) is 0 Å². The van der Waals surface area contributed by atoms with Gasteiger partial charge >= 0.3 is 0 Å². The molecule has 2 fully saturated rings. The van der Waals surface area contributed by atoms with Gasteiger partial charge in [-0.15, -0.1) is 0 Å². The molecule has 1 unspecified atom stereocenters. The predicted octanol–water partition coefficient (Wildman–Crippen LogP) is 3.04. The van der Waals surface area contributed by atoms with Crippen molar-refractivity contribution in [2.45, 2.75) is 63.1 Å². The summed E-state index contributed by atoms with van der Waals surface area (Å²) < 4.78 is 38.9. The van der Waals surface area contributed by atoms with Crippen LogP contribution in [-0.2, 0) is 19.5 Å². The zero-order valence-electron chi connectivity index (χ0n) is 15.2. The number of nitrogens with zero attached hydrogens (tertiary/aromatic N) is 1. The Morgan fingerprint density at radius 1 is 1.12 bits per heavy atom. The van der Waals surface area contributed by atoms with Crippen molar-refractivity contribution in [3.63, 3.8) is 0 Å². The maximum absolute atomic E-state index is 12.8. The fraction of sp³-hybridized carbons (Fsp3) is 0.684. The van der Waals surface area contributed by atoms with Crippen LogP contribution in [0.2, 0.25) is 0 Å². The van der Waals surface area contributed by atoms with Crippen molar-refractivity contribution in [1.82, 2.24) is 4.31 Å². The molecule has 1 aromatic rings. The summed E-state index contributed by atoms with van der Waals surface area (Å²) in [6.07, 6.45) is 5.27. The molecule has 0 aromatic heterocycles. The van der Waals surface area contributed by atoms with E-state index in [1.54, 1.807) is 16.4 Å². The van der Waals surface area contributed by atoms with Gasteiger partial charge in [0.2, 0.25) is 10.0 Å². The van der Waals surface area contributed by atoms with Gasteiger partial charge in [0.05, 0.1) is 23.7 Å². The molecule has 140 valence electrons. The molecule has 0 aliphatic carbocycles. The third-order valence-corrected chi connectivity index (χ3v) is 7.20. The van der Waals surface area contributed by atoms with Crippen LogP contribution in [0.15, 0.2) is 23.1 Å². The number of sulfonamides is 1. The zero-order valence-corrected chi connectivity index (χ0v) is 16.1. The first-order chi connectivity index (χ1) is 12.0. The lowest BCUT2D eigenvalue weighted by Gasteiger charge is -2.32. The number of hydrogen-bond acceptors (Lipinski definition) is 4. The van der Waals surface area contributed by atoms with E-state index in [1.165, 1.54) is 6.42 Å². The van der Waals surface area contributed by atoms with Gasteiger partial charge in [-0.2, -0.15) is 4.31 Å². The van der Waals surface area contributed by atoms with Crippen molar-refractivity contribution in [3.05, 3.63) is 29.3 Å². The van der Waals surface area contributed by atoms with Crippen molar-refractivity contribution < 1.29 is 17.9 Å². The lowest BCUT2D eigenvalue weighted by molar-refractivity contribution is -0.0714. The van der Waals surface area contributed by atoms with E-state index in [-0.39, 0.29) is 12.2 Å². The molecule has 0 N–H and O–H groups in total. The highest BCUT2D eigenvalue weighted by Gasteiger charge is 2.30. The summed E-state index contributed by atoms with van der Waals surface area (Å²) in [6, 6.07) is 5.36. The van der Waals surface area contributed by atoms with Crippen LogP contribution in [-0.4, -0.2) is 51.2 Å². The fourth-order valence-electron chi connectivity index (χ4n) is 3.44. The lowest BCUT2D eigenvalue weighted by Crippen LogP contribution is -2.41. The largest absolute Gasteiger partial charge is 0.376 e. The summed E-state index contributed by atoms with van der Waals surface area (Å²) in [4.78, 5) is 0.394.